The number of hydrogen-bond donors (Lipinski definition) is 4. The van der Waals surface area contributed by atoms with Crippen LogP contribution in [0.15, 0.2) is 18.1 Å². The predicted molar refractivity (Wildman–Crippen MR) is 54.7 cm³/mol. The second-order valence-electron chi connectivity index (χ2n) is 2.84. The summed E-state index contributed by atoms with van der Waals surface area (Å²) in [5.41, 5.74) is 4.56. The van der Waals surface area contributed by atoms with Gasteiger partial charge >= 0.3 is 5.97 Å². The first kappa shape index (κ1) is 7.48. The Morgan fingerprint density at radius 3 is 2.75 bits per heavy atom. The summed E-state index contributed by atoms with van der Waals surface area (Å²) in [7, 11) is 0.929. The van der Waals surface area contributed by atoms with Crippen molar-refractivity contribution >= 4 is 5.97 Å². The van der Waals surface area contributed by atoms with Crippen molar-refractivity contribution in [2.24, 2.45) is 5.73 Å². The number of carbonyl (C=O) groups is 1. The number of carbonyl (C=O) groups excluding carboxylic acids is 1. The number of hydrogen-bond acceptors (Lipinski definition) is 6. The van der Waals surface area contributed by atoms with E-state index in [1.165, 1.54) is 0 Å². The maximum absolute atomic E-state index is 11.3. The molecule has 1 rings (SSSR count). The SMILES string of the molecule is [2H]c1c([2H])c([C@H](O)[C@@]([2H])(N)C(=O)OC)c([2H])c(O)c1O. The number of aliphatic hydroxyl groups excluding tert-OH is 1. The van der Waals surface area contributed by atoms with E-state index in [2.05, 4.69) is 4.74 Å². The lowest BCUT2D eigenvalue weighted by Crippen LogP contribution is -2.37. The van der Waals surface area contributed by atoms with Gasteiger partial charge in [-0.2, -0.15) is 0 Å². The van der Waals surface area contributed by atoms with Crippen molar-refractivity contribution in [2.45, 2.75) is 12.1 Å². The highest BCUT2D eigenvalue weighted by Gasteiger charge is 2.25. The Labute approximate surface area is 97.5 Å². The number of phenolic OH excluding ortho intramolecular Hbond substituents is 2. The van der Waals surface area contributed by atoms with E-state index in [0.29, 0.717) is 0 Å². The van der Waals surface area contributed by atoms with Crippen molar-refractivity contribution in [2.75, 3.05) is 7.11 Å². The Kier molecular flexibility index (Phi) is 2.25. The summed E-state index contributed by atoms with van der Waals surface area (Å²) >= 11 is 0. The van der Waals surface area contributed by atoms with Crippen molar-refractivity contribution in [3.8, 4) is 11.5 Å². The molecule has 0 saturated heterocycles. The second-order valence-corrected chi connectivity index (χ2v) is 2.84. The van der Waals surface area contributed by atoms with Crippen LogP contribution in [0.3, 0.4) is 0 Å². The fraction of sp³-hybridized carbons (Fsp3) is 0.300. The van der Waals surface area contributed by atoms with Crippen molar-refractivity contribution in [3.05, 3.63) is 23.7 Å². The molecule has 0 aromatic heterocycles. The molecule has 0 heterocycles. The van der Waals surface area contributed by atoms with Gasteiger partial charge in [0.2, 0.25) is 0 Å². The molecule has 5 N–H and O–H groups in total. The standard InChI is InChI=1S/C10H13NO5/c1-16-10(15)8(11)9(14)5-2-3-6(12)7(13)4-5/h2-4,8-9,12-14H,11H2,1H3/t8-,9+/m1/s1/i2D,3D,4D,8D. The maximum atomic E-state index is 11.3. The van der Waals surface area contributed by atoms with Crippen LogP contribution in [0.1, 0.15) is 17.2 Å². The van der Waals surface area contributed by atoms with Crippen molar-refractivity contribution in [3.63, 3.8) is 0 Å². The zero-order chi connectivity index (χ0) is 15.8. The molecular weight excluding hydrogens is 214 g/mol. The number of ether oxygens (including phenoxy) is 1. The van der Waals surface area contributed by atoms with Gasteiger partial charge in [-0.15, -0.1) is 0 Å². The van der Waals surface area contributed by atoms with E-state index in [1.54, 1.807) is 0 Å². The van der Waals surface area contributed by atoms with Gasteiger partial charge in [-0.25, -0.2) is 0 Å². The molecule has 0 saturated carbocycles. The van der Waals surface area contributed by atoms with Gasteiger partial charge in [-0.3, -0.25) is 4.79 Å². The van der Waals surface area contributed by atoms with Crippen LogP contribution in [-0.4, -0.2) is 34.4 Å². The van der Waals surface area contributed by atoms with Gasteiger partial charge < -0.3 is 25.8 Å². The molecule has 0 aliphatic heterocycles. The van der Waals surface area contributed by atoms with E-state index in [-0.39, 0.29) is 0 Å². The van der Waals surface area contributed by atoms with Crippen LogP contribution in [0.25, 0.3) is 0 Å². The second kappa shape index (κ2) is 4.82. The van der Waals surface area contributed by atoms with E-state index >= 15 is 0 Å². The van der Waals surface area contributed by atoms with Crippen LogP contribution in [0.4, 0.5) is 0 Å². The molecule has 1 aromatic carbocycles. The molecule has 0 radical (unpaired) electrons. The molecule has 2 atom stereocenters. The molecule has 6 nitrogen and oxygen atoms in total. The Hall–Kier alpha value is -1.79. The molecule has 0 spiro atoms. The third kappa shape index (κ3) is 2.41. The van der Waals surface area contributed by atoms with E-state index in [1.807, 2.05) is 0 Å². The topological polar surface area (TPSA) is 113 Å². The quantitative estimate of drug-likeness (QED) is 0.417. The van der Waals surface area contributed by atoms with Crippen LogP contribution >= 0.6 is 0 Å². The van der Waals surface area contributed by atoms with E-state index in [0.717, 1.165) is 7.11 Å². The van der Waals surface area contributed by atoms with Gasteiger partial charge in [0.25, 0.3) is 0 Å². The highest BCUT2D eigenvalue weighted by atomic mass is 16.5. The van der Waals surface area contributed by atoms with Crippen LogP contribution in [-0.2, 0) is 9.53 Å². The highest BCUT2D eigenvalue weighted by molar-refractivity contribution is 5.76. The molecule has 0 bridgehead atoms. The van der Waals surface area contributed by atoms with E-state index < -0.39 is 53.3 Å². The number of rotatable bonds is 3. The van der Waals surface area contributed by atoms with E-state index in [9.17, 15) is 20.1 Å². The Morgan fingerprint density at radius 2 is 2.19 bits per heavy atom. The number of methoxy groups -OCH3 is 1. The molecule has 1 aromatic rings. The van der Waals surface area contributed by atoms with Gasteiger partial charge in [-0.05, 0) is 17.6 Å². The number of aromatic hydroxyl groups is 2. The summed E-state index contributed by atoms with van der Waals surface area (Å²) in [6.07, 6.45) is -2.20. The summed E-state index contributed by atoms with van der Waals surface area (Å²) < 4.78 is 34.2. The molecule has 16 heavy (non-hydrogen) atoms. The van der Waals surface area contributed by atoms with Crippen LogP contribution in [0, 0.1) is 0 Å². The van der Waals surface area contributed by atoms with Crippen LogP contribution in [0.2, 0.25) is 0 Å². The number of benzene rings is 1. The van der Waals surface area contributed by atoms with Gasteiger partial charge in [-0.1, -0.05) is 6.04 Å². The normalized spacial score (nSPS) is 19.7. The number of nitrogens with two attached hydrogens (primary N) is 1. The lowest BCUT2D eigenvalue weighted by atomic mass is 10.0. The zero-order valence-corrected chi connectivity index (χ0v) is 8.31. The number of phenols is 2. The van der Waals surface area contributed by atoms with Crippen molar-refractivity contribution in [1.29, 1.82) is 0 Å². The highest BCUT2D eigenvalue weighted by Crippen LogP contribution is 2.28. The van der Waals surface area contributed by atoms with E-state index in [4.69, 9.17) is 11.2 Å². The van der Waals surface area contributed by atoms with Crippen molar-refractivity contribution < 1.29 is 30.3 Å². The molecule has 6 heteroatoms. The minimum absolute atomic E-state index is 0.729. The average Bonchev–Trinajstić information content (AvgIpc) is 2.41. The maximum Gasteiger partial charge on any atom is 0.325 e. The summed E-state index contributed by atoms with van der Waals surface area (Å²) in [5, 5.41) is 28.7. The lowest BCUT2D eigenvalue weighted by Gasteiger charge is -2.17. The predicted octanol–water partition coefficient (Wildman–Crippen LogP) is -0.369. The number of aliphatic hydroxyl groups is 1. The third-order valence-electron chi connectivity index (χ3n) is 1.78. The minimum Gasteiger partial charge on any atom is -0.504 e. The summed E-state index contributed by atoms with van der Waals surface area (Å²) in [6.45, 7) is 0. The third-order valence-corrected chi connectivity index (χ3v) is 1.78. The smallest absolute Gasteiger partial charge is 0.325 e. The summed E-state index contributed by atoms with van der Waals surface area (Å²) in [5.74, 6) is -3.40. The fourth-order valence-corrected chi connectivity index (χ4v) is 0.925. The van der Waals surface area contributed by atoms with Gasteiger partial charge in [0.05, 0.1) is 12.6 Å². The first-order chi connectivity index (χ1) is 9.07. The fourth-order valence-electron chi connectivity index (χ4n) is 0.925. The average molecular weight is 231 g/mol. The molecular formula is C10H13NO5. The zero-order valence-electron chi connectivity index (χ0n) is 12.3. The van der Waals surface area contributed by atoms with Crippen LogP contribution in [0.5, 0.6) is 11.5 Å². The molecule has 0 fully saturated rings. The largest absolute Gasteiger partial charge is 0.504 e. The number of esters is 1. The molecule has 0 aliphatic rings. The lowest BCUT2D eigenvalue weighted by molar-refractivity contribution is -0.145. The van der Waals surface area contributed by atoms with Gasteiger partial charge in [0.15, 0.2) is 11.5 Å². The monoisotopic (exact) mass is 231 g/mol. The molecule has 88 valence electrons. The summed E-state index contributed by atoms with van der Waals surface area (Å²) in [4.78, 5) is 11.3. The molecule has 0 unspecified atom stereocenters. The minimum atomic E-state index is -2.74. The van der Waals surface area contributed by atoms with Crippen molar-refractivity contribution in [1.82, 2.24) is 0 Å². The Bertz CT molecular complexity index is 534. The first-order valence-corrected chi connectivity index (χ1v) is 4.14. The molecule has 0 amide bonds. The van der Waals surface area contributed by atoms with Gasteiger partial charge in [0, 0.05) is 0 Å². The Morgan fingerprint density at radius 1 is 1.56 bits per heavy atom. The first-order valence-electron chi connectivity index (χ1n) is 6.14. The van der Waals surface area contributed by atoms with Crippen LogP contribution < -0.4 is 5.73 Å². The molecule has 0 aliphatic carbocycles. The summed E-state index contributed by atoms with van der Waals surface area (Å²) in [6, 6.07) is -5.34. The van der Waals surface area contributed by atoms with Gasteiger partial charge in [0.1, 0.15) is 12.1 Å². The Balaban J connectivity index is 3.52.